The summed E-state index contributed by atoms with van der Waals surface area (Å²) < 4.78 is 16.2. The number of rotatable bonds is 12. The molecule has 0 radical (unpaired) electrons. The van der Waals surface area contributed by atoms with E-state index in [1.807, 2.05) is 30.3 Å². The highest BCUT2D eigenvalue weighted by atomic mass is 16.5. The normalized spacial score (nSPS) is 12.8. The highest BCUT2D eigenvalue weighted by molar-refractivity contribution is 5.69. The molecule has 0 aliphatic heterocycles. The van der Waals surface area contributed by atoms with Gasteiger partial charge in [-0.25, -0.2) is 0 Å². The number of carbonyl (C=O) groups is 1. The van der Waals surface area contributed by atoms with E-state index in [9.17, 15) is 15.0 Å². The molecule has 0 saturated heterocycles. The molecule has 0 fully saturated rings. The van der Waals surface area contributed by atoms with Crippen molar-refractivity contribution in [2.24, 2.45) is 0 Å². The van der Waals surface area contributed by atoms with Gasteiger partial charge in [0.05, 0.1) is 5.97 Å². The van der Waals surface area contributed by atoms with Crippen molar-refractivity contribution in [3.8, 4) is 17.2 Å². The lowest BCUT2D eigenvalue weighted by molar-refractivity contribution is -0.312. The second-order valence-electron chi connectivity index (χ2n) is 5.88. The fraction of sp³-hybridized carbons (Fsp3) is 0.350. The van der Waals surface area contributed by atoms with Crippen LogP contribution in [0.15, 0.2) is 54.6 Å². The van der Waals surface area contributed by atoms with Gasteiger partial charge in [-0.05, 0) is 43.3 Å². The molecule has 0 saturated carbocycles. The molecule has 2 N–H and O–H groups in total. The SMILES string of the molecule is CC(Oc1ccc(OCCNCC(O)COc2ccccc2)cc1)C(=O)[O-]. The van der Waals surface area contributed by atoms with Gasteiger partial charge in [0.25, 0.3) is 0 Å². The summed E-state index contributed by atoms with van der Waals surface area (Å²) in [5.41, 5.74) is 0. The minimum atomic E-state index is -1.27. The van der Waals surface area contributed by atoms with E-state index in [1.54, 1.807) is 24.3 Å². The molecule has 0 aliphatic carbocycles. The van der Waals surface area contributed by atoms with Crippen LogP contribution in [-0.2, 0) is 4.79 Å². The van der Waals surface area contributed by atoms with E-state index in [2.05, 4.69) is 5.32 Å². The first kappa shape index (κ1) is 20.5. The number of hydrogen-bond acceptors (Lipinski definition) is 7. The number of hydrogen-bond donors (Lipinski definition) is 2. The first-order chi connectivity index (χ1) is 13.0. The number of aliphatic hydroxyl groups is 1. The molecule has 2 aromatic rings. The molecule has 0 aromatic heterocycles. The fourth-order valence-corrected chi connectivity index (χ4v) is 2.14. The number of aliphatic hydroxyl groups excluding tert-OH is 1. The van der Waals surface area contributed by atoms with Crippen molar-refractivity contribution in [3.63, 3.8) is 0 Å². The van der Waals surface area contributed by atoms with Crippen molar-refractivity contribution in [1.29, 1.82) is 0 Å². The molecule has 0 spiro atoms. The molecule has 0 bridgehead atoms. The number of nitrogens with one attached hydrogen (secondary N) is 1. The average Bonchev–Trinajstić information content (AvgIpc) is 2.68. The van der Waals surface area contributed by atoms with Gasteiger partial charge in [-0.2, -0.15) is 0 Å². The maximum Gasteiger partial charge on any atom is 0.135 e. The summed E-state index contributed by atoms with van der Waals surface area (Å²) in [6.45, 7) is 2.99. The Morgan fingerprint density at radius 2 is 1.67 bits per heavy atom. The van der Waals surface area contributed by atoms with Crippen LogP contribution in [0.2, 0.25) is 0 Å². The van der Waals surface area contributed by atoms with Crippen molar-refractivity contribution in [3.05, 3.63) is 54.6 Å². The Morgan fingerprint density at radius 3 is 2.33 bits per heavy atom. The van der Waals surface area contributed by atoms with Gasteiger partial charge in [-0.1, -0.05) is 18.2 Å². The molecular weight excluding hydrogens is 350 g/mol. The van der Waals surface area contributed by atoms with Gasteiger partial charge in [0, 0.05) is 13.1 Å². The van der Waals surface area contributed by atoms with Gasteiger partial charge < -0.3 is 34.5 Å². The largest absolute Gasteiger partial charge is 0.546 e. The minimum absolute atomic E-state index is 0.212. The lowest BCUT2D eigenvalue weighted by Gasteiger charge is -2.16. The van der Waals surface area contributed by atoms with Crippen LogP contribution in [0.25, 0.3) is 0 Å². The van der Waals surface area contributed by atoms with Crippen LogP contribution >= 0.6 is 0 Å². The molecular formula is C20H24NO6-. The van der Waals surface area contributed by atoms with Crippen LogP contribution in [0.3, 0.4) is 0 Å². The highest BCUT2D eigenvalue weighted by Crippen LogP contribution is 2.18. The van der Waals surface area contributed by atoms with E-state index in [-0.39, 0.29) is 6.61 Å². The molecule has 27 heavy (non-hydrogen) atoms. The minimum Gasteiger partial charge on any atom is -0.546 e. The first-order valence-electron chi connectivity index (χ1n) is 8.71. The molecule has 0 amide bonds. The topological polar surface area (TPSA) is 100 Å². The molecule has 0 heterocycles. The van der Waals surface area contributed by atoms with E-state index >= 15 is 0 Å². The fourth-order valence-electron chi connectivity index (χ4n) is 2.14. The zero-order valence-electron chi connectivity index (χ0n) is 15.2. The van der Waals surface area contributed by atoms with Crippen LogP contribution < -0.4 is 24.6 Å². The number of benzene rings is 2. The predicted octanol–water partition coefficient (Wildman–Crippen LogP) is 0.612. The van der Waals surface area contributed by atoms with E-state index in [1.165, 1.54) is 6.92 Å². The molecule has 2 aromatic carbocycles. The Morgan fingerprint density at radius 1 is 1.04 bits per heavy atom. The van der Waals surface area contributed by atoms with Gasteiger partial charge in [-0.15, -0.1) is 0 Å². The van der Waals surface area contributed by atoms with Crippen molar-refractivity contribution in [1.82, 2.24) is 5.32 Å². The molecule has 7 nitrogen and oxygen atoms in total. The molecule has 146 valence electrons. The predicted molar refractivity (Wildman–Crippen MR) is 97.8 cm³/mol. The maximum atomic E-state index is 10.6. The van der Waals surface area contributed by atoms with Gasteiger partial charge >= 0.3 is 0 Å². The number of ether oxygens (including phenoxy) is 3. The van der Waals surface area contributed by atoms with Gasteiger partial charge in [0.15, 0.2) is 0 Å². The molecule has 7 heteroatoms. The van der Waals surface area contributed by atoms with Gasteiger partial charge in [0.2, 0.25) is 0 Å². The van der Waals surface area contributed by atoms with Crippen LogP contribution in [0, 0.1) is 0 Å². The van der Waals surface area contributed by atoms with Crippen LogP contribution in [0.5, 0.6) is 17.2 Å². The van der Waals surface area contributed by atoms with E-state index in [0.29, 0.717) is 31.2 Å². The quantitative estimate of drug-likeness (QED) is 0.525. The number of aliphatic carboxylic acids is 1. The Labute approximate surface area is 158 Å². The van der Waals surface area contributed by atoms with Crippen molar-refractivity contribution in [2.75, 3.05) is 26.3 Å². The number of para-hydroxylation sites is 1. The maximum absolute atomic E-state index is 10.6. The lowest BCUT2D eigenvalue weighted by atomic mass is 10.3. The lowest BCUT2D eigenvalue weighted by Crippen LogP contribution is -2.37. The van der Waals surface area contributed by atoms with Crippen molar-refractivity contribution < 1.29 is 29.2 Å². The van der Waals surface area contributed by atoms with Gasteiger partial charge in [-0.3, -0.25) is 0 Å². The van der Waals surface area contributed by atoms with Gasteiger partial charge in [0.1, 0.15) is 42.7 Å². The Hall–Kier alpha value is -2.77. The first-order valence-corrected chi connectivity index (χ1v) is 8.71. The number of carboxylic acid groups (broad SMARTS) is 1. The summed E-state index contributed by atoms with van der Waals surface area (Å²) in [5.74, 6) is 0.524. The third-order valence-corrected chi connectivity index (χ3v) is 3.58. The molecule has 2 atom stereocenters. The molecule has 0 aliphatic rings. The Kier molecular flexibility index (Phi) is 8.41. The monoisotopic (exact) mass is 374 g/mol. The summed E-state index contributed by atoms with van der Waals surface area (Å²) in [7, 11) is 0. The third-order valence-electron chi connectivity index (χ3n) is 3.58. The zero-order valence-corrected chi connectivity index (χ0v) is 15.2. The van der Waals surface area contributed by atoms with E-state index in [4.69, 9.17) is 14.2 Å². The van der Waals surface area contributed by atoms with E-state index < -0.39 is 18.2 Å². The second kappa shape index (κ2) is 11.1. The molecule has 2 unspecified atom stereocenters. The summed E-state index contributed by atoms with van der Waals surface area (Å²) in [6.07, 6.45) is -1.63. The number of carboxylic acids is 1. The van der Waals surface area contributed by atoms with Crippen molar-refractivity contribution in [2.45, 2.75) is 19.1 Å². The summed E-state index contributed by atoms with van der Waals surface area (Å²) in [5, 5.41) is 23.6. The van der Waals surface area contributed by atoms with Crippen molar-refractivity contribution >= 4 is 5.97 Å². The molecule has 2 rings (SSSR count). The van der Waals surface area contributed by atoms with E-state index in [0.717, 1.165) is 5.75 Å². The Bertz CT molecular complexity index is 677. The smallest absolute Gasteiger partial charge is 0.135 e. The summed E-state index contributed by atoms with van der Waals surface area (Å²) in [4.78, 5) is 10.6. The second-order valence-corrected chi connectivity index (χ2v) is 5.88. The standard InChI is InChI=1S/C20H25NO6/c1-15(20(23)24)27-19-9-7-18(8-10-19)25-12-11-21-13-16(22)14-26-17-5-3-2-4-6-17/h2-10,15-16,21-22H,11-14H2,1H3,(H,23,24)/p-1. The van der Waals surface area contributed by atoms with Crippen LogP contribution in [-0.4, -0.2) is 49.6 Å². The summed E-state index contributed by atoms with van der Waals surface area (Å²) in [6, 6.07) is 16.0. The summed E-state index contributed by atoms with van der Waals surface area (Å²) >= 11 is 0. The zero-order chi connectivity index (χ0) is 19.5. The highest BCUT2D eigenvalue weighted by Gasteiger charge is 2.06. The Balaban J connectivity index is 1.57. The average molecular weight is 374 g/mol. The van der Waals surface area contributed by atoms with Crippen LogP contribution in [0.4, 0.5) is 0 Å². The third kappa shape index (κ3) is 7.98. The van der Waals surface area contributed by atoms with Crippen LogP contribution in [0.1, 0.15) is 6.92 Å². The number of carbonyl (C=O) groups excluding carboxylic acids is 1.